The highest BCUT2D eigenvalue weighted by Gasteiger charge is 2.41. The lowest BCUT2D eigenvalue weighted by molar-refractivity contribution is -0.145. The first-order valence-electron chi connectivity index (χ1n) is 27.7. The van der Waals surface area contributed by atoms with E-state index in [2.05, 4.69) is 25.9 Å². The standard InChI is InChI=1S/C31H31N7O5.C29H38N6O5/c1-36-24-12-11-21(15-23(24)34-35-36)17-33-29(39)25-18-37(31(41)42-19-20-7-3-2-4-8-20)13-14-38(25)30(40)28(32)27-16-22-9-5-6-10-26(22)43-27;1-21-17-23(11-12-31-21)18-32-27(37)25-19-34(29(39)40-20-22-7-3-2-4-8-22)15-16-35(25)28(38)24(30)9-10-26(36)33-13-5-6-14-33/h2-12,15-16,25,28H,13-14,17-19,32H2,1H3,(H,33,39);2-4,7-8,11-12,17,24-25H,5-6,9-10,13-16,18-20,30H2,1H3,(H,32,37). The monoisotopic (exact) mass is 1130 g/mol. The number of nitrogens with one attached hydrogen (secondary N) is 2. The predicted octanol–water partition coefficient (Wildman–Crippen LogP) is 4.47. The molecule has 3 aliphatic heterocycles. The molecule has 10 rings (SSSR count). The Morgan fingerprint density at radius 3 is 1.80 bits per heavy atom. The lowest BCUT2D eigenvalue weighted by Crippen LogP contribution is -2.63. The van der Waals surface area contributed by atoms with Gasteiger partial charge in [-0.15, -0.1) is 5.10 Å². The average molecular weight is 1130 g/mol. The number of rotatable bonds is 16. The highest BCUT2D eigenvalue weighted by molar-refractivity contribution is 5.93. The molecule has 6 heterocycles. The Bertz CT molecular complexity index is 3370. The lowest BCUT2D eigenvalue weighted by Gasteiger charge is -2.41. The van der Waals surface area contributed by atoms with Crippen LogP contribution in [0, 0.1) is 6.92 Å². The van der Waals surface area contributed by atoms with E-state index in [1.807, 2.05) is 110 Å². The van der Waals surface area contributed by atoms with Crippen LogP contribution in [0.3, 0.4) is 0 Å². The van der Waals surface area contributed by atoms with Crippen LogP contribution in [0.5, 0.6) is 0 Å². The van der Waals surface area contributed by atoms with E-state index in [9.17, 15) is 33.6 Å². The highest BCUT2D eigenvalue weighted by Crippen LogP contribution is 2.26. The highest BCUT2D eigenvalue weighted by atomic mass is 16.6. The zero-order valence-corrected chi connectivity index (χ0v) is 46.5. The van der Waals surface area contributed by atoms with E-state index in [0.717, 1.165) is 64.8 Å². The molecule has 7 amide bonds. The summed E-state index contributed by atoms with van der Waals surface area (Å²) in [6.45, 7) is 4.50. The van der Waals surface area contributed by atoms with Crippen molar-refractivity contribution in [2.45, 2.75) is 83.1 Å². The zero-order chi connectivity index (χ0) is 58.4. The van der Waals surface area contributed by atoms with E-state index in [1.165, 1.54) is 19.6 Å². The minimum Gasteiger partial charge on any atom is -0.459 e. The maximum absolute atomic E-state index is 13.7. The number of amides is 7. The minimum absolute atomic E-state index is 0.00586. The Balaban J connectivity index is 0.000000200. The number of likely N-dealkylation sites (tertiary alicyclic amines) is 1. The van der Waals surface area contributed by atoms with Gasteiger partial charge in [0.05, 0.1) is 24.6 Å². The Morgan fingerprint density at radius 1 is 0.639 bits per heavy atom. The number of piperazine rings is 2. The van der Waals surface area contributed by atoms with Crippen LogP contribution in [0.4, 0.5) is 9.59 Å². The second kappa shape index (κ2) is 27.5. The third kappa shape index (κ3) is 15.0. The maximum Gasteiger partial charge on any atom is 0.410 e. The normalized spacial score (nSPS) is 16.8. The fraction of sp³-hybridized carbons (Fsp3) is 0.367. The second-order valence-corrected chi connectivity index (χ2v) is 20.7. The summed E-state index contributed by atoms with van der Waals surface area (Å²) in [5.74, 6) is -1.42. The van der Waals surface area contributed by atoms with E-state index < -0.39 is 60.0 Å². The Labute approximate surface area is 479 Å². The summed E-state index contributed by atoms with van der Waals surface area (Å²) in [6.07, 6.45) is 2.90. The van der Waals surface area contributed by atoms with Crippen molar-refractivity contribution in [1.29, 1.82) is 0 Å². The van der Waals surface area contributed by atoms with Crippen LogP contribution in [0.2, 0.25) is 0 Å². The molecule has 4 atom stereocenters. The van der Waals surface area contributed by atoms with Crippen molar-refractivity contribution in [3.8, 4) is 0 Å². The summed E-state index contributed by atoms with van der Waals surface area (Å²) in [4.78, 5) is 104. The molecule has 0 radical (unpaired) electrons. The number of fused-ring (bicyclic) bond motifs is 2. The van der Waals surface area contributed by atoms with Gasteiger partial charge in [-0.3, -0.25) is 29.0 Å². The molecule has 0 aliphatic carbocycles. The third-order valence-corrected chi connectivity index (χ3v) is 14.9. The van der Waals surface area contributed by atoms with Gasteiger partial charge in [-0.2, -0.15) is 0 Å². The van der Waals surface area contributed by atoms with Crippen LogP contribution in [0.25, 0.3) is 22.0 Å². The number of benzene rings is 4. The first kappa shape index (κ1) is 58.4. The number of nitrogens with zero attached hydrogens (tertiary/aromatic N) is 9. The van der Waals surface area contributed by atoms with E-state index in [-0.39, 0.29) is 84.3 Å². The molecule has 4 aromatic carbocycles. The topological polar surface area (TPSA) is 287 Å². The molecule has 0 saturated carbocycles. The van der Waals surface area contributed by atoms with Crippen molar-refractivity contribution in [2.24, 2.45) is 18.5 Å². The smallest absolute Gasteiger partial charge is 0.410 e. The van der Waals surface area contributed by atoms with Crippen LogP contribution in [0.1, 0.15) is 65.4 Å². The van der Waals surface area contributed by atoms with E-state index in [0.29, 0.717) is 16.9 Å². The molecule has 3 fully saturated rings. The molecule has 0 bridgehead atoms. The van der Waals surface area contributed by atoms with Crippen molar-refractivity contribution >= 4 is 63.7 Å². The van der Waals surface area contributed by atoms with Gasteiger partial charge in [0.25, 0.3) is 0 Å². The quantitative estimate of drug-likeness (QED) is 0.104. The van der Waals surface area contributed by atoms with Crippen LogP contribution in [-0.4, -0.2) is 157 Å². The van der Waals surface area contributed by atoms with E-state index >= 15 is 0 Å². The number of carbonyl (C=O) groups is 7. The van der Waals surface area contributed by atoms with Crippen LogP contribution < -0.4 is 22.1 Å². The summed E-state index contributed by atoms with van der Waals surface area (Å²) in [5.41, 5.74) is 19.0. The number of furan rings is 1. The number of hydrogen-bond acceptors (Lipinski definition) is 15. The SMILES string of the molecule is Cc1cc(CNC(=O)C2CN(C(=O)OCc3ccccc3)CCN2C(=O)C(N)CCC(=O)N2CCCC2)ccn1.Cn1nnc2cc(CNC(=O)C3CN(C(=O)OCc4ccccc4)CCN3C(=O)C(N)c3cc4ccccc4o3)ccc21. The Kier molecular flexibility index (Phi) is 19.4. The minimum atomic E-state index is -1.13. The molecule has 83 heavy (non-hydrogen) atoms. The van der Waals surface area contributed by atoms with Gasteiger partial charge in [0.2, 0.25) is 29.5 Å². The van der Waals surface area contributed by atoms with Crippen molar-refractivity contribution in [3.05, 3.63) is 161 Å². The lowest BCUT2D eigenvalue weighted by atomic mass is 10.1. The van der Waals surface area contributed by atoms with Gasteiger partial charge in [-0.1, -0.05) is 90.1 Å². The van der Waals surface area contributed by atoms with Gasteiger partial charge in [0.15, 0.2) is 0 Å². The molecule has 4 unspecified atom stereocenters. The number of para-hydroxylation sites is 1. The number of aryl methyl sites for hydroxylation is 2. The summed E-state index contributed by atoms with van der Waals surface area (Å²) >= 11 is 0. The van der Waals surface area contributed by atoms with Crippen molar-refractivity contribution in [3.63, 3.8) is 0 Å². The number of nitrogens with two attached hydrogens (primary N) is 2. The van der Waals surface area contributed by atoms with Crippen molar-refractivity contribution < 1.29 is 47.5 Å². The summed E-state index contributed by atoms with van der Waals surface area (Å²) in [7, 11) is 1.80. The van der Waals surface area contributed by atoms with E-state index in [1.54, 1.807) is 41.0 Å². The van der Waals surface area contributed by atoms with Crippen LogP contribution >= 0.6 is 0 Å². The molecule has 23 heteroatoms. The average Bonchev–Trinajstić information content (AvgIpc) is 4.47. The molecular weight excluding hydrogens is 1060 g/mol. The number of carbonyl (C=O) groups excluding carboxylic acids is 7. The van der Waals surface area contributed by atoms with Gasteiger partial charge in [0.1, 0.15) is 48.2 Å². The molecule has 23 nitrogen and oxygen atoms in total. The van der Waals surface area contributed by atoms with Crippen molar-refractivity contribution in [2.75, 3.05) is 52.4 Å². The van der Waals surface area contributed by atoms with E-state index in [4.69, 9.17) is 25.4 Å². The molecule has 6 N–H and O–H groups in total. The first-order chi connectivity index (χ1) is 40.2. The van der Waals surface area contributed by atoms with Gasteiger partial charge in [-0.25, -0.2) is 14.3 Å². The Morgan fingerprint density at radius 2 is 1.20 bits per heavy atom. The van der Waals surface area contributed by atoms with Gasteiger partial charge in [0, 0.05) is 83.1 Å². The molecule has 434 valence electrons. The second-order valence-electron chi connectivity index (χ2n) is 20.7. The molecule has 3 aromatic heterocycles. The zero-order valence-electron chi connectivity index (χ0n) is 46.5. The number of ether oxygens (including phenoxy) is 2. The van der Waals surface area contributed by atoms with Crippen LogP contribution in [0.15, 0.2) is 132 Å². The largest absolute Gasteiger partial charge is 0.459 e. The summed E-state index contributed by atoms with van der Waals surface area (Å²) in [5, 5.41) is 14.8. The maximum atomic E-state index is 13.7. The molecular formula is C60H69N13O10. The fourth-order valence-electron chi connectivity index (χ4n) is 10.2. The predicted molar refractivity (Wildman–Crippen MR) is 305 cm³/mol. The molecule has 3 aliphatic rings. The summed E-state index contributed by atoms with van der Waals surface area (Å²) < 4.78 is 18.5. The summed E-state index contributed by atoms with van der Waals surface area (Å²) in [6, 6.07) is 33.0. The molecule has 0 spiro atoms. The molecule has 7 aromatic rings. The first-order valence-corrected chi connectivity index (χ1v) is 27.7. The van der Waals surface area contributed by atoms with Gasteiger partial charge in [-0.05, 0) is 84.8 Å². The van der Waals surface area contributed by atoms with Crippen molar-refractivity contribution in [1.82, 2.24) is 55.1 Å². The Hall–Kier alpha value is -9.22. The van der Waals surface area contributed by atoms with Gasteiger partial charge >= 0.3 is 12.2 Å². The number of hydrogen-bond donors (Lipinski definition) is 4. The number of pyridine rings is 1. The van der Waals surface area contributed by atoms with Gasteiger partial charge < -0.3 is 60.5 Å². The molecule has 3 saturated heterocycles. The van der Waals surface area contributed by atoms with Crippen LogP contribution in [-0.2, 0) is 66.8 Å². The fourth-order valence-corrected chi connectivity index (χ4v) is 10.2. The third-order valence-electron chi connectivity index (χ3n) is 14.9. The number of aromatic nitrogens is 4.